The molecule has 0 aliphatic heterocycles. The zero-order chi connectivity index (χ0) is 12.8. The molecule has 1 aromatic carbocycles. The van der Waals surface area contributed by atoms with E-state index in [4.69, 9.17) is 5.11 Å². The Balaban J connectivity index is 2.74. The van der Waals surface area contributed by atoms with Crippen molar-refractivity contribution in [3.05, 3.63) is 35.4 Å². The summed E-state index contributed by atoms with van der Waals surface area (Å²) in [5.74, 6) is 0.0746. The first kappa shape index (κ1) is 13.8. The van der Waals surface area contributed by atoms with Gasteiger partial charge in [0, 0.05) is 0 Å². The third-order valence-electron chi connectivity index (χ3n) is 3.01. The van der Waals surface area contributed by atoms with Gasteiger partial charge in [0.25, 0.3) is 0 Å². The van der Waals surface area contributed by atoms with Gasteiger partial charge in [0.15, 0.2) is 0 Å². The standard InChI is InChI=1S/C15H22O2/c1-4-13(10-15(16)17)14-7-5-12(6-8-14)9-11(2)3/h5-8,11,13H,4,9-10H2,1-3H3,(H,16,17)/t13-/m0/s1. The number of hydrogen-bond donors (Lipinski definition) is 1. The largest absolute Gasteiger partial charge is 0.481 e. The number of hydrogen-bond acceptors (Lipinski definition) is 1. The Morgan fingerprint density at radius 1 is 1.24 bits per heavy atom. The summed E-state index contributed by atoms with van der Waals surface area (Å²) in [7, 11) is 0. The first-order chi connectivity index (χ1) is 8.02. The third-order valence-corrected chi connectivity index (χ3v) is 3.01. The molecule has 0 heterocycles. The number of rotatable bonds is 6. The number of benzene rings is 1. The van der Waals surface area contributed by atoms with E-state index in [-0.39, 0.29) is 12.3 Å². The van der Waals surface area contributed by atoms with E-state index in [2.05, 4.69) is 38.1 Å². The minimum Gasteiger partial charge on any atom is -0.481 e. The summed E-state index contributed by atoms with van der Waals surface area (Å²) >= 11 is 0. The summed E-state index contributed by atoms with van der Waals surface area (Å²) in [6, 6.07) is 8.41. The Hall–Kier alpha value is -1.31. The van der Waals surface area contributed by atoms with Crippen LogP contribution in [0.3, 0.4) is 0 Å². The van der Waals surface area contributed by atoms with E-state index < -0.39 is 5.97 Å². The second kappa shape index (κ2) is 6.43. The van der Waals surface area contributed by atoms with Gasteiger partial charge in [-0.1, -0.05) is 45.0 Å². The summed E-state index contributed by atoms with van der Waals surface area (Å²) < 4.78 is 0. The molecule has 0 aliphatic carbocycles. The van der Waals surface area contributed by atoms with Crippen LogP contribution in [-0.4, -0.2) is 11.1 Å². The fraction of sp³-hybridized carbons (Fsp3) is 0.533. The second-order valence-corrected chi connectivity index (χ2v) is 5.04. The fourth-order valence-electron chi connectivity index (χ4n) is 2.11. The van der Waals surface area contributed by atoms with E-state index in [9.17, 15) is 4.79 Å². The molecule has 0 spiro atoms. The molecule has 0 saturated heterocycles. The van der Waals surface area contributed by atoms with Gasteiger partial charge < -0.3 is 5.11 Å². The van der Waals surface area contributed by atoms with E-state index in [0.717, 1.165) is 18.4 Å². The predicted octanol–water partition coefficient (Wildman–Crippen LogP) is 3.85. The minimum absolute atomic E-state index is 0.139. The van der Waals surface area contributed by atoms with Crippen molar-refractivity contribution in [3.8, 4) is 0 Å². The predicted molar refractivity (Wildman–Crippen MR) is 70.3 cm³/mol. The fourth-order valence-corrected chi connectivity index (χ4v) is 2.11. The Morgan fingerprint density at radius 3 is 2.24 bits per heavy atom. The number of carboxylic acids is 1. The lowest BCUT2D eigenvalue weighted by molar-refractivity contribution is -0.137. The van der Waals surface area contributed by atoms with Crippen LogP contribution in [0.2, 0.25) is 0 Å². The molecule has 94 valence electrons. The van der Waals surface area contributed by atoms with Crippen molar-refractivity contribution in [1.82, 2.24) is 0 Å². The maximum atomic E-state index is 10.8. The van der Waals surface area contributed by atoms with E-state index in [1.54, 1.807) is 0 Å². The van der Waals surface area contributed by atoms with Gasteiger partial charge in [-0.3, -0.25) is 4.79 Å². The summed E-state index contributed by atoms with van der Waals surface area (Å²) in [4.78, 5) is 10.8. The summed E-state index contributed by atoms with van der Waals surface area (Å²) in [5.41, 5.74) is 2.47. The van der Waals surface area contributed by atoms with Gasteiger partial charge in [-0.25, -0.2) is 0 Å². The Bertz CT molecular complexity index is 352. The summed E-state index contributed by atoms with van der Waals surface area (Å²) in [5, 5.41) is 8.85. The monoisotopic (exact) mass is 234 g/mol. The van der Waals surface area contributed by atoms with Crippen LogP contribution in [0.1, 0.15) is 50.7 Å². The van der Waals surface area contributed by atoms with Gasteiger partial charge >= 0.3 is 5.97 Å². The lowest BCUT2D eigenvalue weighted by Crippen LogP contribution is -2.05. The van der Waals surface area contributed by atoms with E-state index in [1.165, 1.54) is 5.56 Å². The highest BCUT2D eigenvalue weighted by Gasteiger charge is 2.13. The van der Waals surface area contributed by atoms with Crippen molar-refractivity contribution in [1.29, 1.82) is 0 Å². The topological polar surface area (TPSA) is 37.3 Å². The molecule has 2 nitrogen and oxygen atoms in total. The van der Waals surface area contributed by atoms with Crippen molar-refractivity contribution in [2.45, 2.75) is 46.0 Å². The lowest BCUT2D eigenvalue weighted by atomic mass is 9.91. The maximum absolute atomic E-state index is 10.8. The molecule has 0 fully saturated rings. The molecule has 0 aliphatic rings. The molecule has 17 heavy (non-hydrogen) atoms. The Labute approximate surface area is 104 Å². The molecule has 0 saturated carbocycles. The number of aliphatic carboxylic acids is 1. The van der Waals surface area contributed by atoms with Gasteiger partial charge in [0.1, 0.15) is 0 Å². The highest BCUT2D eigenvalue weighted by Crippen LogP contribution is 2.24. The molecule has 1 N–H and O–H groups in total. The molecule has 0 unspecified atom stereocenters. The zero-order valence-corrected chi connectivity index (χ0v) is 10.9. The highest BCUT2D eigenvalue weighted by atomic mass is 16.4. The van der Waals surface area contributed by atoms with Crippen LogP contribution in [0.4, 0.5) is 0 Å². The summed E-state index contributed by atoms with van der Waals surface area (Å²) in [6.07, 6.45) is 2.17. The Morgan fingerprint density at radius 2 is 1.82 bits per heavy atom. The molecular formula is C15H22O2. The minimum atomic E-state index is -0.719. The SMILES string of the molecule is CC[C@@H](CC(=O)O)c1ccc(CC(C)C)cc1. The van der Waals surface area contributed by atoms with Gasteiger partial charge in [-0.05, 0) is 35.8 Å². The van der Waals surface area contributed by atoms with Crippen LogP contribution < -0.4 is 0 Å². The van der Waals surface area contributed by atoms with E-state index >= 15 is 0 Å². The van der Waals surface area contributed by atoms with Crippen LogP contribution in [0.15, 0.2) is 24.3 Å². The van der Waals surface area contributed by atoms with Crippen LogP contribution in [-0.2, 0) is 11.2 Å². The molecule has 0 amide bonds. The highest BCUT2D eigenvalue weighted by molar-refractivity contribution is 5.68. The quantitative estimate of drug-likeness (QED) is 0.811. The number of carbonyl (C=O) groups is 1. The molecule has 0 radical (unpaired) electrons. The van der Waals surface area contributed by atoms with Crippen molar-refractivity contribution >= 4 is 5.97 Å². The van der Waals surface area contributed by atoms with Gasteiger partial charge in [-0.2, -0.15) is 0 Å². The smallest absolute Gasteiger partial charge is 0.303 e. The average Bonchev–Trinajstić information content (AvgIpc) is 2.26. The van der Waals surface area contributed by atoms with E-state index in [0.29, 0.717) is 5.92 Å². The lowest BCUT2D eigenvalue weighted by Gasteiger charge is -2.13. The van der Waals surface area contributed by atoms with Crippen LogP contribution in [0, 0.1) is 5.92 Å². The maximum Gasteiger partial charge on any atom is 0.303 e. The third kappa shape index (κ3) is 4.59. The van der Waals surface area contributed by atoms with Crippen LogP contribution in [0.5, 0.6) is 0 Å². The first-order valence-electron chi connectivity index (χ1n) is 6.33. The normalized spacial score (nSPS) is 12.7. The molecule has 1 rings (SSSR count). The van der Waals surface area contributed by atoms with Crippen molar-refractivity contribution in [2.75, 3.05) is 0 Å². The average molecular weight is 234 g/mol. The molecule has 2 heteroatoms. The molecular weight excluding hydrogens is 212 g/mol. The zero-order valence-electron chi connectivity index (χ0n) is 10.9. The van der Waals surface area contributed by atoms with Crippen LogP contribution in [0.25, 0.3) is 0 Å². The van der Waals surface area contributed by atoms with Gasteiger partial charge in [-0.15, -0.1) is 0 Å². The second-order valence-electron chi connectivity index (χ2n) is 5.04. The van der Waals surface area contributed by atoms with Crippen LogP contribution >= 0.6 is 0 Å². The Kier molecular flexibility index (Phi) is 5.20. The van der Waals surface area contributed by atoms with Gasteiger partial charge in [0.05, 0.1) is 6.42 Å². The molecule has 1 aromatic rings. The molecule has 1 atom stereocenters. The number of carboxylic acid groups (broad SMARTS) is 1. The van der Waals surface area contributed by atoms with E-state index in [1.807, 2.05) is 6.92 Å². The first-order valence-corrected chi connectivity index (χ1v) is 6.33. The summed E-state index contributed by atoms with van der Waals surface area (Å²) in [6.45, 7) is 6.44. The van der Waals surface area contributed by atoms with Crippen molar-refractivity contribution < 1.29 is 9.90 Å². The van der Waals surface area contributed by atoms with Gasteiger partial charge in [0.2, 0.25) is 0 Å². The molecule has 0 bridgehead atoms. The molecule has 0 aromatic heterocycles. The van der Waals surface area contributed by atoms with Crippen molar-refractivity contribution in [2.24, 2.45) is 5.92 Å². The van der Waals surface area contributed by atoms with Crippen molar-refractivity contribution in [3.63, 3.8) is 0 Å².